The van der Waals surface area contributed by atoms with Gasteiger partial charge >= 0.3 is 18.0 Å². The van der Waals surface area contributed by atoms with Crippen molar-refractivity contribution < 1.29 is 107 Å². The van der Waals surface area contributed by atoms with Crippen molar-refractivity contribution in [2.24, 2.45) is 10.9 Å². The number of aliphatic hydroxyl groups is 6. The van der Waals surface area contributed by atoms with Gasteiger partial charge in [-0.15, -0.1) is 4.91 Å². The monoisotopic (exact) mass is 1150 g/mol. The Hall–Kier alpha value is -6.72. The molecule has 4 amide bonds. The summed E-state index contributed by atoms with van der Waals surface area (Å²) >= 11 is 0. The van der Waals surface area contributed by atoms with E-state index >= 15 is 0 Å². The third kappa shape index (κ3) is 14.9. The van der Waals surface area contributed by atoms with Crippen LogP contribution in [0.3, 0.4) is 0 Å². The minimum atomic E-state index is -2.07. The molecule has 4 aliphatic rings. The number of ether oxygens (including phenoxy) is 10. The van der Waals surface area contributed by atoms with Crippen LogP contribution in [0.1, 0.15) is 49.3 Å². The number of amides is 4. The maximum absolute atomic E-state index is 14.0. The smallest absolute Gasteiger partial charge is 0.404 e. The van der Waals surface area contributed by atoms with E-state index in [2.05, 4.69) is 21.1 Å². The molecule has 1 aromatic carbocycles. The van der Waals surface area contributed by atoms with Crippen LogP contribution in [0.25, 0.3) is 22.3 Å². The molecule has 0 spiro atoms. The number of hydrogen-bond acceptors (Lipinski definition) is 26. The largest absolute Gasteiger partial charge is 0.457 e. The number of nitroso groups, excluding NO2 is 1. The number of cyclic esters (lactones) is 1. The fourth-order valence-electron chi connectivity index (χ4n) is 9.53. The number of benzene rings is 1. The van der Waals surface area contributed by atoms with Gasteiger partial charge < -0.3 is 104 Å². The summed E-state index contributed by atoms with van der Waals surface area (Å²) in [4.78, 5) is 108. The summed E-state index contributed by atoms with van der Waals surface area (Å²) in [5.41, 5.74) is 5.12. The van der Waals surface area contributed by atoms with E-state index in [0.717, 1.165) is 10.9 Å². The van der Waals surface area contributed by atoms with Crippen LogP contribution in [-0.2, 0) is 90.1 Å². The van der Waals surface area contributed by atoms with Gasteiger partial charge in [0.1, 0.15) is 55.4 Å². The number of rotatable bonds is 29. The molecule has 31 nitrogen and oxygen atoms in total. The van der Waals surface area contributed by atoms with Crippen LogP contribution < -0.4 is 27.2 Å². The zero-order valence-electron chi connectivity index (χ0n) is 43.8. The summed E-state index contributed by atoms with van der Waals surface area (Å²) < 4.78 is 55.3. The van der Waals surface area contributed by atoms with Crippen molar-refractivity contribution in [2.75, 3.05) is 72.7 Å². The molecule has 7 rings (SSSR count). The molecular formula is C50H65N7O24. The minimum absolute atomic E-state index is 0.0993. The molecule has 3 aromatic rings. The van der Waals surface area contributed by atoms with Crippen molar-refractivity contribution in [1.82, 2.24) is 25.5 Å². The van der Waals surface area contributed by atoms with Gasteiger partial charge in [0.15, 0.2) is 25.4 Å². The van der Waals surface area contributed by atoms with Crippen LogP contribution in [0.4, 0.5) is 4.79 Å². The topological polar surface area (TPSA) is 443 Å². The molecule has 0 saturated carbocycles. The van der Waals surface area contributed by atoms with E-state index in [0.29, 0.717) is 16.9 Å². The summed E-state index contributed by atoms with van der Waals surface area (Å²) in [5.74, 6) is -4.41. The van der Waals surface area contributed by atoms with Crippen LogP contribution in [0.15, 0.2) is 46.4 Å². The number of pyridine rings is 2. The first-order chi connectivity index (χ1) is 38.9. The zero-order chi connectivity index (χ0) is 58.4. The number of nitrogens with two attached hydrogens (primary N) is 1. The molecule has 444 valence electrons. The molecule has 2 fully saturated rings. The van der Waals surface area contributed by atoms with Crippen LogP contribution in [0.5, 0.6) is 0 Å². The van der Waals surface area contributed by atoms with E-state index in [1.807, 2.05) is 30.3 Å². The standard InChI is InChI=1S/C50H65N7O24/c1-2-50(28-18-31-37-26(17-25-5-3-4-6-29(25)56-37)20-57(31)45(68)27(28)23-76-48(50)69)81-36(62)8-7-34(60)55-30(44(67)53-10-12-73-14-16-75-47-41(66)43(80-49(51)70)39(64)33(22-59)79-47)19-35(61)52-9-11-72-13-15-74-46-40(65)42(77-24-54-71)38(63)32(21-58)78-46/h3-6,17-18,30,32-33,38-43,46-47,58-59,63-66H,2,7-16,19-24H2,1H3,(H2,51,70)(H,52,61)(H,53,67)(H,55,60)/t30?,32-,33-,38+,39+,40-,41-,42-,43-,46-,47-,50+/m0/s1. The molecule has 0 bridgehead atoms. The Bertz CT molecular complexity index is 2790. The first-order valence-corrected chi connectivity index (χ1v) is 25.8. The molecule has 6 heterocycles. The van der Waals surface area contributed by atoms with Crippen molar-refractivity contribution in [3.63, 3.8) is 0 Å². The summed E-state index contributed by atoms with van der Waals surface area (Å²) in [6.07, 6.45) is -18.0. The summed E-state index contributed by atoms with van der Waals surface area (Å²) in [7, 11) is 0. The fraction of sp³-hybridized carbons (Fsp3) is 0.600. The van der Waals surface area contributed by atoms with Gasteiger partial charge in [-0.05, 0) is 29.8 Å². The third-order valence-corrected chi connectivity index (χ3v) is 13.6. The van der Waals surface area contributed by atoms with Crippen LogP contribution in [0.2, 0.25) is 0 Å². The maximum atomic E-state index is 14.0. The molecule has 11 N–H and O–H groups in total. The molecule has 2 aromatic heterocycles. The summed E-state index contributed by atoms with van der Waals surface area (Å²) in [6.45, 7) is -1.91. The highest BCUT2D eigenvalue weighted by Crippen LogP contribution is 2.41. The van der Waals surface area contributed by atoms with Gasteiger partial charge in [-0.25, -0.2) is 14.6 Å². The van der Waals surface area contributed by atoms with E-state index in [1.54, 1.807) is 13.0 Å². The van der Waals surface area contributed by atoms with E-state index in [-0.39, 0.29) is 83.4 Å². The highest BCUT2D eigenvalue weighted by atomic mass is 16.7. The predicted molar refractivity (Wildman–Crippen MR) is 269 cm³/mol. The summed E-state index contributed by atoms with van der Waals surface area (Å²) in [6, 6.07) is 9.41. The predicted octanol–water partition coefficient (Wildman–Crippen LogP) is -3.96. The van der Waals surface area contributed by atoms with E-state index in [9.17, 15) is 69.1 Å². The Labute approximate surface area is 460 Å². The number of primary amides is 1. The quantitative estimate of drug-likeness (QED) is 0.0107. The maximum Gasteiger partial charge on any atom is 0.404 e. The number of carbonyl (C=O) groups is 6. The van der Waals surface area contributed by atoms with Gasteiger partial charge in [0.2, 0.25) is 23.3 Å². The molecule has 4 aliphatic heterocycles. The summed E-state index contributed by atoms with van der Waals surface area (Å²) in [5, 5.41) is 71.7. The molecule has 81 heavy (non-hydrogen) atoms. The second-order valence-electron chi connectivity index (χ2n) is 18.9. The van der Waals surface area contributed by atoms with E-state index in [1.165, 1.54) is 4.57 Å². The van der Waals surface area contributed by atoms with Crippen molar-refractivity contribution in [1.29, 1.82) is 0 Å². The lowest BCUT2D eigenvalue weighted by Crippen LogP contribution is -2.60. The molecule has 1 unspecified atom stereocenters. The number of hydrogen-bond donors (Lipinski definition) is 10. The number of fused-ring (bicyclic) bond motifs is 5. The van der Waals surface area contributed by atoms with Gasteiger partial charge in [0, 0.05) is 36.0 Å². The van der Waals surface area contributed by atoms with E-state index in [4.69, 9.17) is 58.1 Å². The van der Waals surface area contributed by atoms with Gasteiger partial charge in [-0.3, -0.25) is 24.0 Å². The highest BCUT2D eigenvalue weighted by molar-refractivity contribution is 5.93. The Morgan fingerprint density at radius 1 is 0.827 bits per heavy atom. The lowest BCUT2D eigenvalue weighted by molar-refractivity contribution is -0.308. The van der Waals surface area contributed by atoms with Gasteiger partial charge in [-0.2, -0.15) is 0 Å². The van der Waals surface area contributed by atoms with Crippen molar-refractivity contribution in [2.45, 2.75) is 119 Å². The second-order valence-corrected chi connectivity index (χ2v) is 18.9. The first-order valence-electron chi connectivity index (χ1n) is 25.8. The number of esters is 2. The molecule has 0 radical (unpaired) electrons. The molecule has 12 atom stereocenters. The van der Waals surface area contributed by atoms with Crippen molar-refractivity contribution in [3.05, 3.63) is 68.3 Å². The Balaban J connectivity index is 0.924. The second kappa shape index (κ2) is 28.8. The normalized spacial score (nSPS) is 26.0. The zero-order valence-corrected chi connectivity index (χ0v) is 43.8. The van der Waals surface area contributed by atoms with Gasteiger partial charge in [0.05, 0.1) is 94.7 Å². The van der Waals surface area contributed by atoms with Gasteiger partial charge in [0.25, 0.3) is 5.56 Å². The van der Waals surface area contributed by atoms with Crippen molar-refractivity contribution >= 4 is 46.7 Å². The molecule has 0 aliphatic carbocycles. The van der Waals surface area contributed by atoms with Crippen LogP contribution in [0, 0.1) is 4.91 Å². The van der Waals surface area contributed by atoms with E-state index < -0.39 is 154 Å². The average Bonchev–Trinajstić information content (AvgIpc) is 4.10. The Kier molecular flexibility index (Phi) is 22.0. The number of nitrogens with one attached hydrogen (secondary N) is 3. The lowest BCUT2D eigenvalue weighted by atomic mass is 9.85. The minimum Gasteiger partial charge on any atom is -0.457 e. The fourth-order valence-corrected chi connectivity index (χ4v) is 9.53. The number of aromatic nitrogens is 2. The lowest BCUT2D eigenvalue weighted by Gasteiger charge is -2.41. The Morgan fingerprint density at radius 3 is 2.11 bits per heavy atom. The van der Waals surface area contributed by atoms with Crippen molar-refractivity contribution in [3.8, 4) is 11.4 Å². The third-order valence-electron chi connectivity index (χ3n) is 13.6. The number of para-hydroxylation sites is 1. The van der Waals surface area contributed by atoms with Crippen LogP contribution in [-0.4, -0.2) is 216 Å². The number of nitrogens with zero attached hydrogens (tertiary/aromatic N) is 3. The number of aliphatic hydroxyl groups excluding tert-OH is 6. The van der Waals surface area contributed by atoms with Gasteiger partial charge in [-0.1, -0.05) is 25.1 Å². The average molecular weight is 1150 g/mol. The van der Waals surface area contributed by atoms with Crippen LogP contribution >= 0.6 is 0 Å². The Morgan fingerprint density at radius 2 is 1.47 bits per heavy atom. The first kappa shape index (κ1) is 61.9. The number of carbonyl (C=O) groups excluding carboxylic acids is 6. The molecule has 31 heteroatoms. The molecular weight excluding hydrogens is 1080 g/mol. The highest BCUT2D eigenvalue weighted by Gasteiger charge is 2.51. The SMILES string of the molecule is CC[C@]1(OC(=O)CCC(=O)NC(CC(=O)NCCOCCO[C@H]2O[C@@H](CO)[C@@H](O)[C@H](OCN=O)[C@@H]2O)C(=O)NCCOCCO[C@H]2O[C@@H](CO)[C@@H](O)[C@H](OC(N)=O)[C@@H]2O)C(=O)OCc2c1cc1n(c2=O)Cc2cc3ccccc3nc2-1. The molecule has 2 saturated heterocycles.